The van der Waals surface area contributed by atoms with E-state index in [1.54, 1.807) is 13.0 Å². The van der Waals surface area contributed by atoms with E-state index in [-0.39, 0.29) is 29.2 Å². The first-order valence-electron chi connectivity index (χ1n) is 12.4. The van der Waals surface area contributed by atoms with Crippen molar-refractivity contribution in [1.29, 1.82) is 0 Å². The summed E-state index contributed by atoms with van der Waals surface area (Å²) >= 11 is 0. The third-order valence-electron chi connectivity index (χ3n) is 7.26. The number of carbonyl (C=O) groups is 2. The van der Waals surface area contributed by atoms with E-state index in [2.05, 4.69) is 22.5 Å². The van der Waals surface area contributed by atoms with E-state index in [1.165, 1.54) is 10.4 Å². The van der Waals surface area contributed by atoms with E-state index in [9.17, 15) is 18.0 Å². The monoisotopic (exact) mass is 492 g/mol. The Balaban J connectivity index is 1.46. The fraction of sp³-hybridized carbons (Fsp3) is 0.667. The van der Waals surface area contributed by atoms with E-state index in [4.69, 9.17) is 4.74 Å². The molecule has 0 bridgehead atoms. The van der Waals surface area contributed by atoms with Crippen molar-refractivity contribution in [2.24, 2.45) is 5.92 Å². The van der Waals surface area contributed by atoms with Crippen LogP contribution in [0.25, 0.3) is 0 Å². The van der Waals surface area contributed by atoms with Crippen molar-refractivity contribution in [2.75, 3.05) is 38.0 Å². The average molecular weight is 493 g/mol. The van der Waals surface area contributed by atoms with Gasteiger partial charge in [0, 0.05) is 31.7 Å². The molecule has 2 fully saturated rings. The molecule has 3 aliphatic rings. The molecule has 4 rings (SSSR count). The van der Waals surface area contributed by atoms with Gasteiger partial charge < -0.3 is 15.4 Å². The Morgan fingerprint density at radius 2 is 1.97 bits per heavy atom. The van der Waals surface area contributed by atoms with Crippen LogP contribution in [0.2, 0.25) is 0 Å². The van der Waals surface area contributed by atoms with Crippen LogP contribution in [0.15, 0.2) is 17.0 Å². The summed E-state index contributed by atoms with van der Waals surface area (Å²) in [6, 6.07) is 3.51. The van der Waals surface area contributed by atoms with Gasteiger partial charge in [0.1, 0.15) is 5.75 Å². The highest BCUT2D eigenvalue weighted by molar-refractivity contribution is 7.89. The number of likely N-dealkylation sites (tertiary alicyclic amines) is 1. The number of nitrogens with one attached hydrogen (secondary N) is 2. The predicted molar refractivity (Wildman–Crippen MR) is 129 cm³/mol. The summed E-state index contributed by atoms with van der Waals surface area (Å²) in [7, 11) is -3.82. The van der Waals surface area contributed by atoms with Crippen LogP contribution < -0.4 is 15.4 Å². The molecule has 0 unspecified atom stereocenters. The molecule has 1 aromatic carbocycles. The summed E-state index contributed by atoms with van der Waals surface area (Å²) in [4.78, 5) is 27.5. The number of fused-ring (bicyclic) bond motifs is 1. The highest BCUT2D eigenvalue weighted by atomic mass is 32.2. The zero-order chi connectivity index (χ0) is 24.5. The summed E-state index contributed by atoms with van der Waals surface area (Å²) in [5.41, 5.74) is 1.01. The highest BCUT2D eigenvalue weighted by Gasteiger charge is 2.36. The van der Waals surface area contributed by atoms with Crippen LogP contribution in [0.3, 0.4) is 0 Å². The Labute approximate surface area is 202 Å². The number of likely N-dealkylation sites (N-methyl/N-ethyl adjacent to an activating group) is 1. The number of carbonyl (C=O) groups excluding carboxylic acids is 2. The summed E-state index contributed by atoms with van der Waals surface area (Å²) in [6.45, 7) is 8.89. The summed E-state index contributed by atoms with van der Waals surface area (Å²) in [5.74, 6) is -0.298. The maximum Gasteiger partial charge on any atom is 0.265 e. The van der Waals surface area contributed by atoms with Gasteiger partial charge in [-0.25, -0.2) is 8.42 Å². The van der Waals surface area contributed by atoms with Crippen molar-refractivity contribution in [1.82, 2.24) is 14.5 Å². The largest absolute Gasteiger partial charge is 0.478 e. The number of nitrogens with zero attached hydrogens (tertiary/aromatic N) is 2. The molecule has 9 nitrogen and oxygen atoms in total. The van der Waals surface area contributed by atoms with Crippen LogP contribution in [0.5, 0.6) is 5.75 Å². The normalized spacial score (nSPS) is 26.0. The molecule has 3 aliphatic heterocycles. The summed E-state index contributed by atoms with van der Waals surface area (Å²) in [5, 5.41) is 5.87. The predicted octanol–water partition coefficient (Wildman–Crippen LogP) is 2.11. The van der Waals surface area contributed by atoms with Gasteiger partial charge >= 0.3 is 0 Å². The lowest BCUT2D eigenvalue weighted by molar-refractivity contribution is -0.126. The van der Waals surface area contributed by atoms with Crippen LogP contribution >= 0.6 is 0 Å². The van der Waals surface area contributed by atoms with Crippen LogP contribution in [0.4, 0.5) is 5.69 Å². The first kappa shape index (κ1) is 24.9. The molecule has 34 heavy (non-hydrogen) atoms. The van der Waals surface area contributed by atoms with Crippen molar-refractivity contribution in [3.63, 3.8) is 0 Å². The Bertz CT molecular complexity index is 1040. The fourth-order valence-electron chi connectivity index (χ4n) is 5.25. The first-order valence-corrected chi connectivity index (χ1v) is 13.8. The number of ether oxygens (including phenoxy) is 1. The van der Waals surface area contributed by atoms with Crippen LogP contribution in [-0.2, 0) is 19.6 Å². The van der Waals surface area contributed by atoms with E-state index in [1.807, 2.05) is 6.92 Å². The molecule has 0 spiro atoms. The standard InChI is InChI=1S/C24H36N4O5S/c1-4-20-24(30)26-19-12-16(3)22(13-21(19)33-20)34(31,32)28-11-6-8-17(15-28)23(29)25-14-18-9-7-10-27(18)5-2/h12-13,17-18,20H,4-11,14-15H2,1-3H3,(H,25,29)(H,26,30)/t17-,18-,20+/m1/s1. The third kappa shape index (κ3) is 4.94. The maximum absolute atomic E-state index is 13.6. The first-order chi connectivity index (χ1) is 16.2. The molecule has 3 heterocycles. The van der Waals surface area contributed by atoms with E-state index in [0.29, 0.717) is 55.4 Å². The second-order valence-electron chi connectivity index (χ2n) is 9.49. The molecule has 188 valence electrons. The number of hydrogen-bond donors (Lipinski definition) is 2. The average Bonchev–Trinajstić information content (AvgIpc) is 3.29. The fourth-order valence-corrected chi connectivity index (χ4v) is 7.00. The van der Waals surface area contributed by atoms with Gasteiger partial charge in [0.15, 0.2) is 6.10 Å². The Kier molecular flexibility index (Phi) is 7.49. The van der Waals surface area contributed by atoms with Gasteiger partial charge in [-0.3, -0.25) is 14.5 Å². The van der Waals surface area contributed by atoms with Crippen molar-refractivity contribution < 1.29 is 22.7 Å². The molecular weight excluding hydrogens is 456 g/mol. The molecule has 1 aromatic rings. The van der Waals surface area contributed by atoms with E-state index in [0.717, 1.165) is 25.9 Å². The van der Waals surface area contributed by atoms with Crippen LogP contribution in [0.1, 0.15) is 51.5 Å². The smallest absolute Gasteiger partial charge is 0.265 e. The number of aryl methyl sites for hydroxylation is 1. The molecule has 0 aromatic heterocycles. The molecule has 2 N–H and O–H groups in total. The van der Waals surface area contributed by atoms with E-state index < -0.39 is 16.1 Å². The molecule has 0 radical (unpaired) electrons. The number of piperidine rings is 1. The van der Waals surface area contributed by atoms with Gasteiger partial charge in [0.05, 0.1) is 16.5 Å². The van der Waals surface area contributed by atoms with Gasteiger partial charge in [-0.15, -0.1) is 0 Å². The van der Waals surface area contributed by atoms with Crippen molar-refractivity contribution in [2.45, 2.75) is 69.9 Å². The molecule has 2 saturated heterocycles. The number of sulfonamides is 1. The SMILES string of the molecule is CC[C@@H]1Oc2cc(S(=O)(=O)N3CCC[C@@H](C(=O)NC[C@H]4CCCN4CC)C3)c(C)cc2NC1=O. The number of hydrogen-bond acceptors (Lipinski definition) is 6. The second-order valence-corrected chi connectivity index (χ2v) is 11.4. The van der Waals surface area contributed by atoms with Gasteiger partial charge in [-0.2, -0.15) is 4.31 Å². The quantitative estimate of drug-likeness (QED) is 0.604. The molecule has 10 heteroatoms. The molecule has 3 atom stereocenters. The van der Waals surface area contributed by atoms with Crippen LogP contribution in [-0.4, -0.2) is 74.3 Å². The zero-order valence-corrected chi connectivity index (χ0v) is 21.1. The number of anilines is 1. The number of amides is 2. The topological polar surface area (TPSA) is 108 Å². The number of benzene rings is 1. The van der Waals surface area contributed by atoms with Crippen molar-refractivity contribution in [3.05, 3.63) is 17.7 Å². The molecular formula is C24H36N4O5S. The second kappa shape index (κ2) is 10.2. The Morgan fingerprint density at radius 1 is 1.21 bits per heavy atom. The Morgan fingerprint density at radius 3 is 2.71 bits per heavy atom. The lowest BCUT2D eigenvalue weighted by atomic mass is 9.98. The lowest BCUT2D eigenvalue weighted by Crippen LogP contribution is -2.47. The maximum atomic E-state index is 13.6. The third-order valence-corrected chi connectivity index (χ3v) is 9.26. The molecule has 2 amide bonds. The van der Waals surface area contributed by atoms with Gasteiger partial charge in [0.25, 0.3) is 5.91 Å². The van der Waals surface area contributed by atoms with Gasteiger partial charge in [0.2, 0.25) is 15.9 Å². The summed E-state index contributed by atoms with van der Waals surface area (Å²) in [6.07, 6.45) is 3.39. The minimum atomic E-state index is -3.82. The lowest BCUT2D eigenvalue weighted by Gasteiger charge is -2.33. The van der Waals surface area contributed by atoms with Crippen LogP contribution in [0, 0.1) is 12.8 Å². The minimum Gasteiger partial charge on any atom is -0.478 e. The van der Waals surface area contributed by atoms with Crippen molar-refractivity contribution in [3.8, 4) is 5.75 Å². The molecule has 0 aliphatic carbocycles. The minimum absolute atomic E-state index is 0.0677. The number of rotatable bonds is 7. The van der Waals surface area contributed by atoms with Gasteiger partial charge in [-0.05, 0) is 63.7 Å². The summed E-state index contributed by atoms with van der Waals surface area (Å²) < 4.78 is 34.3. The highest BCUT2D eigenvalue weighted by Crippen LogP contribution is 2.36. The Hall–Kier alpha value is -2.17. The van der Waals surface area contributed by atoms with E-state index >= 15 is 0 Å². The van der Waals surface area contributed by atoms with Crippen molar-refractivity contribution >= 4 is 27.5 Å². The zero-order valence-electron chi connectivity index (χ0n) is 20.3. The molecule has 0 saturated carbocycles. The van der Waals surface area contributed by atoms with Gasteiger partial charge in [-0.1, -0.05) is 13.8 Å².